The molecule has 0 spiro atoms. The first kappa shape index (κ1) is 22.7. The van der Waals surface area contributed by atoms with E-state index in [4.69, 9.17) is 9.47 Å². The van der Waals surface area contributed by atoms with Crippen LogP contribution in [0.25, 0.3) is 11.1 Å². The van der Waals surface area contributed by atoms with Crippen molar-refractivity contribution in [2.45, 2.75) is 51.1 Å². The fraction of sp³-hybridized carbons (Fsp3) is 0.500. The molecule has 0 aromatic heterocycles. The zero-order valence-electron chi connectivity index (χ0n) is 18.1. The van der Waals surface area contributed by atoms with Crippen LogP contribution in [0.2, 0.25) is 0 Å². The number of aliphatic hydroxyl groups is 2. The summed E-state index contributed by atoms with van der Waals surface area (Å²) in [7, 11) is 3.43. The van der Waals surface area contributed by atoms with Gasteiger partial charge in [-0.25, -0.2) is 4.39 Å². The standard InChI is InChI=1S/C24H32FNO4/c1-24(2)14-20(21(27)22(28)23(24)29-4)30-18-9-8-15(10-11-26-3)19(13-18)16-6-5-7-17(25)12-16/h5-9,12-13,20-23,26-28H,10-11,14H2,1-4H3/t20-,21+,22+,23-/m1/s1. The van der Waals surface area contributed by atoms with Crippen molar-refractivity contribution in [3.05, 3.63) is 53.8 Å². The lowest BCUT2D eigenvalue weighted by molar-refractivity contribution is -0.184. The number of benzene rings is 2. The van der Waals surface area contributed by atoms with Gasteiger partial charge in [0.05, 0.1) is 6.10 Å². The molecule has 0 aliphatic heterocycles. The molecule has 4 atom stereocenters. The Kier molecular flexibility index (Phi) is 7.14. The maximum Gasteiger partial charge on any atom is 0.128 e. The van der Waals surface area contributed by atoms with Crippen molar-refractivity contribution in [1.29, 1.82) is 0 Å². The van der Waals surface area contributed by atoms with E-state index in [1.165, 1.54) is 12.1 Å². The minimum atomic E-state index is -1.07. The molecule has 1 aliphatic rings. The number of halogens is 1. The maximum absolute atomic E-state index is 13.8. The van der Waals surface area contributed by atoms with Crippen molar-refractivity contribution < 1.29 is 24.1 Å². The lowest BCUT2D eigenvalue weighted by atomic mass is 9.71. The van der Waals surface area contributed by atoms with Crippen LogP contribution in [-0.4, -0.2) is 55.3 Å². The Hall–Kier alpha value is -1.99. The number of ether oxygens (including phenoxy) is 2. The van der Waals surface area contributed by atoms with Crippen LogP contribution >= 0.6 is 0 Å². The Morgan fingerprint density at radius 2 is 1.90 bits per heavy atom. The Morgan fingerprint density at radius 1 is 1.13 bits per heavy atom. The highest BCUT2D eigenvalue weighted by Gasteiger charge is 2.49. The van der Waals surface area contributed by atoms with Crippen LogP contribution in [0.4, 0.5) is 4.39 Å². The van der Waals surface area contributed by atoms with Crippen LogP contribution in [0.5, 0.6) is 5.75 Å². The van der Waals surface area contributed by atoms with E-state index in [0.29, 0.717) is 12.2 Å². The molecule has 2 aromatic rings. The Labute approximate surface area is 177 Å². The summed E-state index contributed by atoms with van der Waals surface area (Å²) < 4.78 is 25.4. The van der Waals surface area contributed by atoms with Gasteiger partial charge in [0.1, 0.15) is 29.9 Å². The van der Waals surface area contributed by atoms with Gasteiger partial charge in [0, 0.05) is 7.11 Å². The molecule has 1 fully saturated rings. The SMILES string of the molecule is CNCCc1ccc(O[C@@H]2CC(C)(C)[C@H](OC)[C@@H](O)[C@H]2O)cc1-c1cccc(F)c1. The maximum atomic E-state index is 13.8. The number of likely N-dealkylation sites (N-methyl/N-ethyl adjacent to an activating group) is 1. The monoisotopic (exact) mass is 417 g/mol. The molecule has 3 N–H and O–H groups in total. The van der Waals surface area contributed by atoms with Crippen molar-refractivity contribution in [2.24, 2.45) is 5.41 Å². The normalized spacial score (nSPS) is 25.8. The summed E-state index contributed by atoms with van der Waals surface area (Å²) in [5.41, 5.74) is 2.37. The van der Waals surface area contributed by atoms with E-state index < -0.39 is 24.4 Å². The summed E-state index contributed by atoms with van der Waals surface area (Å²) in [5.74, 6) is 0.280. The molecule has 0 bridgehead atoms. The van der Waals surface area contributed by atoms with E-state index in [1.54, 1.807) is 13.2 Å². The van der Waals surface area contributed by atoms with Gasteiger partial charge in [-0.15, -0.1) is 0 Å². The van der Waals surface area contributed by atoms with Gasteiger partial charge >= 0.3 is 0 Å². The molecule has 0 radical (unpaired) electrons. The number of hydrogen-bond donors (Lipinski definition) is 3. The second-order valence-corrected chi connectivity index (χ2v) is 8.67. The summed E-state index contributed by atoms with van der Waals surface area (Å²) >= 11 is 0. The third kappa shape index (κ3) is 4.83. The molecule has 5 nitrogen and oxygen atoms in total. The molecule has 2 aromatic carbocycles. The lowest BCUT2D eigenvalue weighted by Gasteiger charge is -2.46. The molecular weight excluding hydrogens is 385 g/mol. The van der Waals surface area contributed by atoms with Crippen LogP contribution in [0, 0.1) is 11.2 Å². The molecule has 1 saturated carbocycles. The fourth-order valence-corrected chi connectivity index (χ4v) is 4.39. The Morgan fingerprint density at radius 3 is 2.57 bits per heavy atom. The van der Waals surface area contributed by atoms with E-state index in [2.05, 4.69) is 5.32 Å². The van der Waals surface area contributed by atoms with Crippen LogP contribution in [-0.2, 0) is 11.2 Å². The summed E-state index contributed by atoms with van der Waals surface area (Å²) in [4.78, 5) is 0. The number of aliphatic hydroxyl groups excluding tert-OH is 2. The Balaban J connectivity index is 1.90. The highest BCUT2D eigenvalue weighted by atomic mass is 19.1. The first-order chi connectivity index (χ1) is 14.3. The number of methoxy groups -OCH3 is 1. The average molecular weight is 418 g/mol. The van der Waals surface area contributed by atoms with Crippen molar-refractivity contribution in [3.8, 4) is 16.9 Å². The molecule has 3 rings (SSSR count). The van der Waals surface area contributed by atoms with Gasteiger partial charge in [0.2, 0.25) is 0 Å². The minimum absolute atomic E-state index is 0.295. The minimum Gasteiger partial charge on any atom is -0.488 e. The Bertz CT molecular complexity index is 857. The largest absolute Gasteiger partial charge is 0.488 e. The van der Waals surface area contributed by atoms with Crippen molar-refractivity contribution in [2.75, 3.05) is 20.7 Å². The topological polar surface area (TPSA) is 71.0 Å². The third-order valence-corrected chi connectivity index (χ3v) is 5.94. The smallest absolute Gasteiger partial charge is 0.128 e. The summed E-state index contributed by atoms with van der Waals surface area (Å²) in [5, 5.41) is 24.3. The fourth-order valence-electron chi connectivity index (χ4n) is 4.39. The quantitative estimate of drug-likeness (QED) is 0.646. The highest BCUT2D eigenvalue weighted by molar-refractivity contribution is 5.69. The molecular formula is C24H32FNO4. The van der Waals surface area contributed by atoms with Gasteiger partial charge in [-0.2, -0.15) is 0 Å². The zero-order valence-corrected chi connectivity index (χ0v) is 18.1. The second-order valence-electron chi connectivity index (χ2n) is 8.67. The molecule has 0 amide bonds. The van der Waals surface area contributed by atoms with E-state index in [1.807, 2.05) is 45.2 Å². The summed E-state index contributed by atoms with van der Waals surface area (Å²) in [6.45, 7) is 4.78. The molecule has 0 saturated heterocycles. The van der Waals surface area contributed by atoms with Crippen LogP contribution < -0.4 is 10.1 Å². The van der Waals surface area contributed by atoms with Gasteiger partial charge in [-0.1, -0.05) is 32.0 Å². The summed E-state index contributed by atoms with van der Waals surface area (Å²) in [6, 6.07) is 12.2. The van der Waals surface area contributed by atoms with Gasteiger partial charge in [0.25, 0.3) is 0 Å². The highest BCUT2D eigenvalue weighted by Crippen LogP contribution is 2.40. The van der Waals surface area contributed by atoms with Gasteiger partial charge in [-0.05, 0) is 72.8 Å². The predicted octanol–water partition coefficient (Wildman–Crippen LogP) is 3.17. The molecule has 0 unspecified atom stereocenters. The molecule has 6 heteroatoms. The van der Waals surface area contributed by atoms with Crippen LogP contribution in [0.3, 0.4) is 0 Å². The van der Waals surface area contributed by atoms with Crippen LogP contribution in [0.15, 0.2) is 42.5 Å². The number of rotatable bonds is 7. The van der Waals surface area contributed by atoms with Crippen molar-refractivity contribution >= 4 is 0 Å². The molecule has 164 valence electrons. The second kappa shape index (κ2) is 9.43. The molecule has 30 heavy (non-hydrogen) atoms. The van der Waals surface area contributed by atoms with Gasteiger partial charge < -0.3 is 25.0 Å². The van der Waals surface area contributed by atoms with Gasteiger partial charge in [0.15, 0.2) is 0 Å². The van der Waals surface area contributed by atoms with E-state index in [-0.39, 0.29) is 11.2 Å². The van der Waals surface area contributed by atoms with Crippen molar-refractivity contribution in [3.63, 3.8) is 0 Å². The predicted molar refractivity (Wildman–Crippen MR) is 115 cm³/mol. The first-order valence-electron chi connectivity index (χ1n) is 10.4. The lowest BCUT2D eigenvalue weighted by Crippen LogP contribution is -2.59. The number of nitrogens with one attached hydrogen (secondary N) is 1. The van der Waals surface area contributed by atoms with Crippen molar-refractivity contribution in [1.82, 2.24) is 5.32 Å². The first-order valence-corrected chi connectivity index (χ1v) is 10.4. The molecule has 1 aliphatic carbocycles. The average Bonchev–Trinajstić information content (AvgIpc) is 2.71. The number of hydrogen-bond acceptors (Lipinski definition) is 5. The summed E-state index contributed by atoms with van der Waals surface area (Å²) in [6.07, 6.45) is -1.84. The zero-order chi connectivity index (χ0) is 21.9. The van der Waals surface area contributed by atoms with Gasteiger partial charge in [-0.3, -0.25) is 0 Å². The molecule has 0 heterocycles. The third-order valence-electron chi connectivity index (χ3n) is 5.94. The van der Waals surface area contributed by atoms with Crippen LogP contribution in [0.1, 0.15) is 25.8 Å². The van der Waals surface area contributed by atoms with E-state index in [0.717, 1.165) is 29.7 Å². The van der Waals surface area contributed by atoms with E-state index >= 15 is 0 Å². The van der Waals surface area contributed by atoms with E-state index in [9.17, 15) is 14.6 Å².